The van der Waals surface area contributed by atoms with Crippen molar-refractivity contribution in [3.8, 4) is 17.2 Å². The van der Waals surface area contributed by atoms with E-state index >= 15 is 0 Å². The van der Waals surface area contributed by atoms with Crippen LogP contribution in [0, 0.1) is 5.41 Å². The maximum absolute atomic E-state index is 13.8. The number of benzene rings is 2. The Morgan fingerprint density at radius 3 is 2.51 bits per heavy atom. The van der Waals surface area contributed by atoms with E-state index in [0.717, 1.165) is 49.8 Å². The third-order valence-corrected chi connectivity index (χ3v) is 8.63. The average molecular weight is 555 g/mol. The maximum Gasteiger partial charge on any atom is 0.228 e. The van der Waals surface area contributed by atoms with Gasteiger partial charge in [-0.2, -0.15) is 0 Å². The van der Waals surface area contributed by atoms with E-state index in [4.69, 9.17) is 25.8 Å². The molecule has 3 aliphatic heterocycles. The molecule has 2 aromatic carbocycles. The van der Waals surface area contributed by atoms with Crippen LogP contribution in [0.4, 0.5) is 0 Å². The summed E-state index contributed by atoms with van der Waals surface area (Å²) in [5.41, 5.74) is 1.63. The SMILES string of the molecule is CN1CCOc2ccccc2CCCCCC2(CCN(C(=O)Cc3cc(Cl)c4c(c3)OCCCO4)CC2)C1=O. The molecule has 0 unspecified atom stereocenters. The number of halogens is 1. The summed E-state index contributed by atoms with van der Waals surface area (Å²) in [6, 6.07) is 11.9. The van der Waals surface area contributed by atoms with Crippen LogP contribution in [0.15, 0.2) is 36.4 Å². The van der Waals surface area contributed by atoms with Gasteiger partial charge in [-0.15, -0.1) is 0 Å². The first kappa shape index (κ1) is 27.6. The van der Waals surface area contributed by atoms with Crippen molar-refractivity contribution < 1.29 is 23.8 Å². The van der Waals surface area contributed by atoms with Crippen LogP contribution in [-0.4, -0.2) is 68.1 Å². The highest BCUT2D eigenvalue weighted by atomic mass is 35.5. The Morgan fingerprint density at radius 2 is 1.67 bits per heavy atom. The highest BCUT2D eigenvalue weighted by molar-refractivity contribution is 6.32. The number of piperidine rings is 1. The van der Waals surface area contributed by atoms with Gasteiger partial charge in [0.1, 0.15) is 12.4 Å². The molecule has 0 aromatic heterocycles. The lowest BCUT2D eigenvalue weighted by Gasteiger charge is -2.42. The quantitative estimate of drug-likeness (QED) is 0.503. The molecule has 0 aliphatic carbocycles. The minimum Gasteiger partial charge on any atom is -0.491 e. The lowest BCUT2D eigenvalue weighted by atomic mass is 9.73. The third kappa shape index (κ3) is 6.46. The number of hydrogen-bond acceptors (Lipinski definition) is 5. The Labute approximate surface area is 236 Å². The van der Waals surface area contributed by atoms with Crippen molar-refractivity contribution in [2.45, 2.75) is 57.8 Å². The van der Waals surface area contributed by atoms with E-state index in [-0.39, 0.29) is 18.2 Å². The highest BCUT2D eigenvalue weighted by Gasteiger charge is 2.43. The van der Waals surface area contributed by atoms with Crippen LogP contribution in [0.2, 0.25) is 5.02 Å². The fraction of sp³-hybridized carbons (Fsp3) is 0.548. The monoisotopic (exact) mass is 554 g/mol. The number of aryl methyl sites for hydroxylation is 1. The van der Waals surface area contributed by atoms with Crippen LogP contribution in [0.1, 0.15) is 56.1 Å². The van der Waals surface area contributed by atoms with E-state index in [1.807, 2.05) is 35.0 Å². The molecule has 0 N–H and O–H groups in total. The number of para-hydroxylation sites is 1. The van der Waals surface area contributed by atoms with E-state index in [9.17, 15) is 9.59 Å². The molecule has 0 saturated carbocycles. The van der Waals surface area contributed by atoms with Gasteiger partial charge in [0.05, 0.1) is 36.6 Å². The molecule has 5 rings (SSSR count). The summed E-state index contributed by atoms with van der Waals surface area (Å²) in [7, 11) is 1.88. The molecule has 1 spiro atoms. The zero-order valence-corrected chi connectivity index (χ0v) is 23.6. The zero-order valence-electron chi connectivity index (χ0n) is 22.9. The van der Waals surface area contributed by atoms with Crippen molar-refractivity contribution in [3.63, 3.8) is 0 Å². The molecular weight excluding hydrogens is 516 g/mol. The second kappa shape index (κ2) is 12.5. The van der Waals surface area contributed by atoms with Crippen LogP contribution >= 0.6 is 11.6 Å². The standard InChI is InChI=1S/C31H39ClN2O5/c1-33-16-19-38-26-10-5-4-9-24(26)8-3-2-6-11-31(30(33)36)12-14-34(15-13-31)28(35)22-23-20-25(32)29-27(21-23)37-17-7-18-39-29/h4-5,9-10,20-21H,2-3,6-8,11-19,22H2,1H3. The van der Waals surface area contributed by atoms with E-state index < -0.39 is 5.41 Å². The number of fused-ring (bicyclic) bond motifs is 2. The molecule has 7 nitrogen and oxygen atoms in total. The van der Waals surface area contributed by atoms with Gasteiger partial charge in [0.2, 0.25) is 11.8 Å². The van der Waals surface area contributed by atoms with Crippen LogP contribution in [0.25, 0.3) is 0 Å². The number of carbonyl (C=O) groups excluding carboxylic acids is 2. The molecule has 210 valence electrons. The number of rotatable bonds is 2. The van der Waals surface area contributed by atoms with Gasteiger partial charge in [0.15, 0.2) is 11.5 Å². The summed E-state index contributed by atoms with van der Waals surface area (Å²) in [5, 5.41) is 0.472. The van der Waals surface area contributed by atoms with Crippen molar-refractivity contribution in [1.29, 1.82) is 0 Å². The van der Waals surface area contributed by atoms with Gasteiger partial charge < -0.3 is 24.0 Å². The van der Waals surface area contributed by atoms with E-state index in [0.29, 0.717) is 68.8 Å². The van der Waals surface area contributed by atoms with Gasteiger partial charge in [-0.25, -0.2) is 0 Å². The average Bonchev–Trinajstić information content (AvgIpc) is 3.19. The Bertz CT molecular complexity index is 1180. The largest absolute Gasteiger partial charge is 0.491 e. The molecule has 1 fully saturated rings. The van der Waals surface area contributed by atoms with Gasteiger partial charge >= 0.3 is 0 Å². The van der Waals surface area contributed by atoms with Gasteiger partial charge in [0.25, 0.3) is 0 Å². The first-order chi connectivity index (χ1) is 18.9. The summed E-state index contributed by atoms with van der Waals surface area (Å²) < 4.78 is 17.6. The number of nitrogens with zero attached hydrogens (tertiary/aromatic N) is 2. The summed E-state index contributed by atoms with van der Waals surface area (Å²) in [6.07, 6.45) is 7.40. The number of likely N-dealkylation sites (N-methyl/N-ethyl adjacent to an activating group) is 1. The second-order valence-electron chi connectivity index (χ2n) is 11.0. The fourth-order valence-corrected chi connectivity index (χ4v) is 6.32. The Kier molecular flexibility index (Phi) is 8.85. The van der Waals surface area contributed by atoms with Crippen LogP contribution in [0.5, 0.6) is 17.2 Å². The normalized spacial score (nSPS) is 20.1. The van der Waals surface area contributed by atoms with Gasteiger partial charge in [-0.1, -0.05) is 42.6 Å². The first-order valence-electron chi connectivity index (χ1n) is 14.3. The summed E-state index contributed by atoms with van der Waals surface area (Å²) >= 11 is 6.45. The van der Waals surface area contributed by atoms with E-state index in [1.54, 1.807) is 6.07 Å². The zero-order chi connectivity index (χ0) is 27.2. The van der Waals surface area contributed by atoms with Gasteiger partial charge in [0, 0.05) is 26.6 Å². The number of likely N-dealkylation sites (tertiary alicyclic amines) is 1. The topological polar surface area (TPSA) is 68.3 Å². The molecule has 8 heteroatoms. The minimum atomic E-state index is -0.426. The highest BCUT2D eigenvalue weighted by Crippen LogP contribution is 2.40. The van der Waals surface area contributed by atoms with Crippen molar-refractivity contribution >= 4 is 23.4 Å². The number of hydrogen-bond donors (Lipinski definition) is 0. The Morgan fingerprint density at radius 1 is 0.897 bits per heavy atom. The van der Waals surface area contributed by atoms with Crippen molar-refractivity contribution in [3.05, 3.63) is 52.5 Å². The van der Waals surface area contributed by atoms with Crippen molar-refractivity contribution in [1.82, 2.24) is 9.80 Å². The first-order valence-corrected chi connectivity index (χ1v) is 14.7. The summed E-state index contributed by atoms with van der Waals surface area (Å²) in [5.74, 6) is 2.31. The minimum absolute atomic E-state index is 0.0482. The van der Waals surface area contributed by atoms with Crippen molar-refractivity contribution in [2.75, 3.05) is 46.5 Å². The molecular formula is C31H39ClN2O5. The van der Waals surface area contributed by atoms with Crippen LogP contribution < -0.4 is 14.2 Å². The van der Waals surface area contributed by atoms with Crippen LogP contribution in [-0.2, 0) is 22.4 Å². The van der Waals surface area contributed by atoms with E-state index in [2.05, 4.69) is 12.1 Å². The number of ether oxygens (including phenoxy) is 3. The number of carbonyl (C=O) groups is 2. The third-order valence-electron chi connectivity index (χ3n) is 8.35. The molecule has 2 aromatic rings. The molecule has 3 heterocycles. The Hall–Kier alpha value is -2.93. The molecule has 1 saturated heterocycles. The predicted octanol–water partition coefficient (Wildman–Crippen LogP) is 5.31. The second-order valence-corrected chi connectivity index (χ2v) is 11.4. The molecule has 39 heavy (non-hydrogen) atoms. The molecule has 0 atom stereocenters. The van der Waals surface area contributed by atoms with Crippen molar-refractivity contribution in [2.24, 2.45) is 5.41 Å². The molecule has 3 aliphatic rings. The lowest BCUT2D eigenvalue weighted by Crippen LogP contribution is -2.51. The van der Waals surface area contributed by atoms with Gasteiger partial charge in [-0.05, 0) is 61.4 Å². The maximum atomic E-state index is 13.8. The van der Waals surface area contributed by atoms with Crippen LogP contribution in [0.3, 0.4) is 0 Å². The summed E-state index contributed by atoms with van der Waals surface area (Å²) in [4.78, 5) is 30.8. The number of amides is 2. The lowest BCUT2D eigenvalue weighted by molar-refractivity contribution is -0.148. The molecule has 0 bridgehead atoms. The fourth-order valence-electron chi connectivity index (χ4n) is 6.03. The summed E-state index contributed by atoms with van der Waals surface area (Å²) in [6.45, 7) is 3.31. The smallest absolute Gasteiger partial charge is 0.228 e. The predicted molar refractivity (Wildman–Crippen MR) is 151 cm³/mol. The molecule has 0 radical (unpaired) electrons. The van der Waals surface area contributed by atoms with E-state index in [1.165, 1.54) is 5.56 Å². The van der Waals surface area contributed by atoms with Gasteiger partial charge in [-0.3, -0.25) is 9.59 Å². The molecule has 2 amide bonds. The Balaban J connectivity index is 1.22.